The van der Waals surface area contributed by atoms with Crippen molar-refractivity contribution in [1.82, 2.24) is 0 Å². The number of ether oxygens (including phenoxy) is 1. The molecule has 0 unspecified atom stereocenters. The van der Waals surface area contributed by atoms with Gasteiger partial charge in [-0.15, -0.1) is 0 Å². The molecule has 0 aliphatic heterocycles. The summed E-state index contributed by atoms with van der Waals surface area (Å²) in [5, 5.41) is 0. The van der Waals surface area contributed by atoms with Crippen LogP contribution < -0.4 is 10.5 Å². The third-order valence-corrected chi connectivity index (χ3v) is 5.47. The van der Waals surface area contributed by atoms with Crippen LogP contribution in [0.4, 0.5) is 13.2 Å². The number of alkyl halides is 3. The molecule has 2 nitrogen and oxygen atoms in total. The normalized spacial score (nSPS) is 23.6. The second-order valence-electron chi connectivity index (χ2n) is 6.35. The molecule has 23 heavy (non-hydrogen) atoms. The van der Waals surface area contributed by atoms with Gasteiger partial charge in [0.2, 0.25) is 0 Å². The quantitative estimate of drug-likeness (QED) is 0.729. The standard InChI is InChI=1S/C17H23BrF3NO/c1-11-14(18)3-2-4-15(11)23-13-8-5-12(6-9-13)7-10-16(22)17(19,20)21/h2-4,12-13,16H,5-10,22H2,1H3/t12?,13?,16-/m0/s1. The van der Waals surface area contributed by atoms with Crippen LogP contribution in [0.25, 0.3) is 0 Å². The topological polar surface area (TPSA) is 35.2 Å². The lowest BCUT2D eigenvalue weighted by atomic mass is 9.83. The molecule has 2 rings (SSSR count). The highest BCUT2D eigenvalue weighted by Crippen LogP contribution is 2.34. The van der Waals surface area contributed by atoms with Crippen LogP contribution in [0, 0.1) is 12.8 Å². The lowest BCUT2D eigenvalue weighted by molar-refractivity contribution is -0.149. The van der Waals surface area contributed by atoms with Crippen LogP contribution in [-0.2, 0) is 0 Å². The minimum absolute atomic E-state index is 0.0183. The van der Waals surface area contributed by atoms with Crippen molar-refractivity contribution in [1.29, 1.82) is 0 Å². The Kier molecular flexibility index (Phi) is 6.37. The maximum atomic E-state index is 12.4. The number of hydrogen-bond donors (Lipinski definition) is 1. The summed E-state index contributed by atoms with van der Waals surface area (Å²) in [5.41, 5.74) is 6.25. The van der Waals surface area contributed by atoms with Crippen molar-refractivity contribution in [2.45, 2.75) is 63.8 Å². The van der Waals surface area contributed by atoms with E-state index in [1.165, 1.54) is 0 Å². The minimum Gasteiger partial charge on any atom is -0.490 e. The van der Waals surface area contributed by atoms with Crippen molar-refractivity contribution >= 4 is 15.9 Å². The van der Waals surface area contributed by atoms with Crippen molar-refractivity contribution in [3.8, 4) is 5.75 Å². The zero-order chi connectivity index (χ0) is 17.0. The number of rotatable bonds is 5. The van der Waals surface area contributed by atoms with Crippen LogP contribution in [0.1, 0.15) is 44.1 Å². The Morgan fingerprint density at radius 3 is 2.52 bits per heavy atom. The molecule has 0 amide bonds. The molecule has 1 aromatic carbocycles. The van der Waals surface area contributed by atoms with E-state index in [2.05, 4.69) is 15.9 Å². The Morgan fingerprint density at radius 1 is 1.26 bits per heavy atom. The van der Waals surface area contributed by atoms with Gasteiger partial charge in [-0.25, -0.2) is 0 Å². The van der Waals surface area contributed by atoms with Gasteiger partial charge in [0, 0.05) is 10.0 Å². The van der Waals surface area contributed by atoms with Crippen LogP contribution in [0.15, 0.2) is 22.7 Å². The van der Waals surface area contributed by atoms with E-state index >= 15 is 0 Å². The van der Waals surface area contributed by atoms with E-state index in [4.69, 9.17) is 10.5 Å². The summed E-state index contributed by atoms with van der Waals surface area (Å²) in [5.74, 6) is 1.20. The number of benzene rings is 1. The maximum absolute atomic E-state index is 12.4. The number of hydrogen-bond acceptors (Lipinski definition) is 2. The maximum Gasteiger partial charge on any atom is 0.403 e. The number of nitrogens with two attached hydrogens (primary N) is 1. The zero-order valence-electron chi connectivity index (χ0n) is 13.2. The van der Waals surface area contributed by atoms with Gasteiger partial charge in [0.25, 0.3) is 0 Å². The summed E-state index contributed by atoms with van der Waals surface area (Å²) in [6, 6.07) is 4.18. The van der Waals surface area contributed by atoms with Gasteiger partial charge in [0.1, 0.15) is 11.8 Å². The fraction of sp³-hybridized carbons (Fsp3) is 0.647. The second-order valence-corrected chi connectivity index (χ2v) is 7.20. The van der Waals surface area contributed by atoms with Gasteiger partial charge in [-0.2, -0.15) is 13.2 Å². The van der Waals surface area contributed by atoms with Crippen LogP contribution in [-0.4, -0.2) is 18.3 Å². The monoisotopic (exact) mass is 393 g/mol. The summed E-state index contributed by atoms with van der Waals surface area (Å²) in [6.07, 6.45) is 0.0163. The zero-order valence-corrected chi connectivity index (χ0v) is 14.8. The Balaban J connectivity index is 1.77. The Hall–Kier alpha value is -0.750. The highest BCUT2D eigenvalue weighted by Gasteiger charge is 2.36. The third kappa shape index (κ3) is 5.38. The molecule has 1 aromatic rings. The van der Waals surface area contributed by atoms with Gasteiger partial charge >= 0.3 is 6.18 Å². The highest BCUT2D eigenvalue weighted by molar-refractivity contribution is 9.10. The first kappa shape index (κ1) is 18.6. The summed E-state index contributed by atoms with van der Waals surface area (Å²) in [4.78, 5) is 0. The Bertz CT molecular complexity index is 513. The third-order valence-electron chi connectivity index (χ3n) is 4.61. The molecule has 0 saturated heterocycles. The average molecular weight is 394 g/mol. The molecule has 1 aliphatic rings. The molecule has 2 N–H and O–H groups in total. The summed E-state index contributed by atoms with van der Waals surface area (Å²) >= 11 is 3.49. The predicted molar refractivity (Wildman–Crippen MR) is 88.5 cm³/mol. The van der Waals surface area contributed by atoms with Gasteiger partial charge in [-0.1, -0.05) is 22.0 Å². The first-order valence-electron chi connectivity index (χ1n) is 8.01. The van der Waals surface area contributed by atoms with E-state index in [1.807, 2.05) is 25.1 Å². The van der Waals surface area contributed by atoms with Gasteiger partial charge in [0.05, 0.1) is 6.10 Å². The SMILES string of the molecule is Cc1c(Br)cccc1OC1CCC(CC[C@H](N)C(F)(F)F)CC1. The molecular weight excluding hydrogens is 371 g/mol. The molecule has 1 atom stereocenters. The van der Waals surface area contributed by atoms with Crippen LogP contribution >= 0.6 is 15.9 Å². The minimum atomic E-state index is -4.28. The van der Waals surface area contributed by atoms with E-state index < -0.39 is 12.2 Å². The van der Waals surface area contributed by atoms with E-state index in [-0.39, 0.29) is 12.5 Å². The molecule has 6 heteroatoms. The predicted octanol–water partition coefficient (Wildman–Crippen LogP) is 5.36. The van der Waals surface area contributed by atoms with E-state index in [0.717, 1.165) is 41.5 Å². The average Bonchev–Trinajstić information content (AvgIpc) is 2.50. The molecule has 0 spiro atoms. The van der Waals surface area contributed by atoms with Crippen molar-refractivity contribution in [3.05, 3.63) is 28.2 Å². The first-order chi connectivity index (χ1) is 10.8. The molecule has 0 bridgehead atoms. The largest absolute Gasteiger partial charge is 0.490 e. The van der Waals surface area contributed by atoms with Crippen molar-refractivity contribution in [2.24, 2.45) is 11.7 Å². The van der Waals surface area contributed by atoms with Gasteiger partial charge in [-0.05, 0) is 63.5 Å². The van der Waals surface area contributed by atoms with Crippen molar-refractivity contribution in [3.63, 3.8) is 0 Å². The van der Waals surface area contributed by atoms with Gasteiger partial charge < -0.3 is 10.5 Å². The highest BCUT2D eigenvalue weighted by atomic mass is 79.9. The fourth-order valence-corrected chi connectivity index (χ4v) is 3.36. The van der Waals surface area contributed by atoms with Gasteiger partial charge in [0.15, 0.2) is 0 Å². The summed E-state index contributed by atoms with van der Waals surface area (Å²) < 4.78 is 44.4. The van der Waals surface area contributed by atoms with E-state index in [9.17, 15) is 13.2 Å². The molecular formula is C17H23BrF3NO. The Labute approximate surface area is 143 Å². The molecule has 0 heterocycles. The Morgan fingerprint density at radius 2 is 1.91 bits per heavy atom. The lowest BCUT2D eigenvalue weighted by Gasteiger charge is -2.30. The lowest BCUT2D eigenvalue weighted by Crippen LogP contribution is -2.37. The molecule has 130 valence electrons. The summed E-state index contributed by atoms with van der Waals surface area (Å²) in [7, 11) is 0. The van der Waals surface area contributed by atoms with Crippen LogP contribution in [0.2, 0.25) is 0 Å². The van der Waals surface area contributed by atoms with E-state index in [0.29, 0.717) is 12.3 Å². The second kappa shape index (κ2) is 7.88. The van der Waals surface area contributed by atoms with Crippen LogP contribution in [0.3, 0.4) is 0 Å². The van der Waals surface area contributed by atoms with Gasteiger partial charge in [-0.3, -0.25) is 0 Å². The van der Waals surface area contributed by atoms with E-state index in [1.54, 1.807) is 0 Å². The van der Waals surface area contributed by atoms with Crippen molar-refractivity contribution in [2.75, 3.05) is 0 Å². The fourth-order valence-electron chi connectivity index (χ4n) is 3.01. The summed E-state index contributed by atoms with van der Waals surface area (Å²) in [6.45, 7) is 2.00. The molecule has 1 saturated carbocycles. The molecule has 1 fully saturated rings. The molecule has 0 radical (unpaired) electrons. The smallest absolute Gasteiger partial charge is 0.403 e. The van der Waals surface area contributed by atoms with Crippen LogP contribution in [0.5, 0.6) is 5.75 Å². The van der Waals surface area contributed by atoms with Crippen molar-refractivity contribution < 1.29 is 17.9 Å². The molecule has 1 aliphatic carbocycles. The number of halogens is 4. The first-order valence-corrected chi connectivity index (χ1v) is 8.80. The molecule has 0 aromatic heterocycles.